The van der Waals surface area contributed by atoms with Gasteiger partial charge in [-0.15, -0.1) is 0 Å². The fourth-order valence-electron chi connectivity index (χ4n) is 5.06. The largest absolute Gasteiger partial charge is 0.346 e. The number of amides is 1. The van der Waals surface area contributed by atoms with Crippen molar-refractivity contribution < 1.29 is 17.6 Å². The fraction of sp³-hybridized carbons (Fsp3) is 0.333. The van der Waals surface area contributed by atoms with Crippen LogP contribution in [-0.4, -0.2) is 58.2 Å². The van der Waals surface area contributed by atoms with Crippen molar-refractivity contribution in [3.63, 3.8) is 0 Å². The summed E-state index contributed by atoms with van der Waals surface area (Å²) in [5.74, 6) is -0.416. The summed E-state index contributed by atoms with van der Waals surface area (Å²) in [6, 6.07) is 6.06. The first-order valence-electron chi connectivity index (χ1n) is 11.6. The van der Waals surface area contributed by atoms with Gasteiger partial charge in [0, 0.05) is 36.6 Å². The summed E-state index contributed by atoms with van der Waals surface area (Å²) in [6.45, 7) is 2.86. The zero-order valence-electron chi connectivity index (χ0n) is 19.7. The van der Waals surface area contributed by atoms with E-state index in [1.54, 1.807) is 36.9 Å². The van der Waals surface area contributed by atoms with E-state index in [1.165, 1.54) is 12.1 Å². The molecule has 1 aliphatic carbocycles. The van der Waals surface area contributed by atoms with Crippen molar-refractivity contribution in [2.24, 2.45) is 12.5 Å². The van der Waals surface area contributed by atoms with Crippen LogP contribution in [0, 0.1) is 18.2 Å². The second-order valence-electron chi connectivity index (χ2n) is 9.63. The lowest BCUT2D eigenvalue weighted by atomic mass is 10.0. The molecule has 10 nitrogen and oxygen atoms in total. The summed E-state index contributed by atoms with van der Waals surface area (Å²) >= 11 is 0. The van der Waals surface area contributed by atoms with E-state index < -0.39 is 15.7 Å². The number of H-pyrrole nitrogens is 1. The van der Waals surface area contributed by atoms with E-state index in [0.29, 0.717) is 30.1 Å². The minimum atomic E-state index is -3.86. The molecule has 6 rings (SSSR count). The molecule has 1 atom stereocenters. The Bertz CT molecular complexity index is 1610. The van der Waals surface area contributed by atoms with E-state index >= 15 is 0 Å². The Balaban J connectivity index is 1.26. The van der Waals surface area contributed by atoms with Crippen molar-refractivity contribution in [3.8, 4) is 0 Å². The first-order valence-corrected chi connectivity index (χ1v) is 13.0. The Labute approximate surface area is 206 Å². The minimum absolute atomic E-state index is 0.0808. The van der Waals surface area contributed by atoms with E-state index in [9.17, 15) is 17.6 Å². The molecule has 4 aromatic rings. The van der Waals surface area contributed by atoms with Crippen LogP contribution in [0.15, 0.2) is 52.6 Å². The molecule has 0 bridgehead atoms. The first kappa shape index (κ1) is 22.7. The van der Waals surface area contributed by atoms with Gasteiger partial charge < -0.3 is 14.8 Å². The van der Waals surface area contributed by atoms with Gasteiger partial charge in [0.05, 0.1) is 39.9 Å². The van der Waals surface area contributed by atoms with Crippen molar-refractivity contribution in [1.29, 1.82) is 0 Å². The van der Waals surface area contributed by atoms with Gasteiger partial charge in [-0.1, -0.05) is 0 Å². The van der Waals surface area contributed by atoms with Gasteiger partial charge in [-0.05, 0) is 44.0 Å². The average Bonchev–Trinajstić information content (AvgIpc) is 3.18. The molecule has 0 radical (unpaired) electrons. The number of nitrogens with one attached hydrogen (secondary N) is 2. The van der Waals surface area contributed by atoms with Gasteiger partial charge >= 0.3 is 0 Å². The Morgan fingerprint density at radius 3 is 2.67 bits per heavy atom. The molecule has 186 valence electrons. The van der Waals surface area contributed by atoms with Crippen molar-refractivity contribution in [1.82, 2.24) is 30.0 Å². The van der Waals surface area contributed by atoms with Crippen LogP contribution in [0.1, 0.15) is 29.0 Å². The number of aromatic amines is 1. The van der Waals surface area contributed by atoms with Gasteiger partial charge in [0.1, 0.15) is 5.69 Å². The lowest BCUT2D eigenvalue weighted by Gasteiger charge is -2.18. The third-order valence-corrected chi connectivity index (χ3v) is 9.33. The third-order valence-electron chi connectivity index (χ3n) is 7.47. The molecular weight excluding hydrogens is 485 g/mol. The molecule has 2 N–H and O–H groups in total. The summed E-state index contributed by atoms with van der Waals surface area (Å²) in [5, 5.41) is 10.6. The summed E-state index contributed by atoms with van der Waals surface area (Å²) in [4.78, 5) is 23.7. The number of carbonyl (C=O) groups excluding carboxylic acids is 1. The van der Waals surface area contributed by atoms with Gasteiger partial charge in [-0.25, -0.2) is 22.8 Å². The highest BCUT2D eigenvalue weighted by Gasteiger charge is 2.56. The van der Waals surface area contributed by atoms with Crippen LogP contribution < -0.4 is 10.2 Å². The number of benzene rings is 1. The molecule has 1 aliphatic heterocycles. The maximum Gasteiger partial charge on any atom is 0.268 e. The summed E-state index contributed by atoms with van der Waals surface area (Å²) < 4.78 is 41.8. The molecule has 1 aromatic carbocycles. The molecule has 4 heterocycles. The number of hydrogen-bond acceptors (Lipinski definition) is 7. The normalized spacial score (nSPS) is 18.8. The fourth-order valence-corrected chi connectivity index (χ4v) is 6.64. The van der Waals surface area contributed by atoms with E-state index in [2.05, 4.69) is 25.5 Å². The number of fused-ring (bicyclic) bond motifs is 1. The molecule has 0 unspecified atom stereocenters. The Kier molecular flexibility index (Phi) is 4.94. The number of halogens is 1. The number of carbonyl (C=O) groups is 1. The van der Waals surface area contributed by atoms with Crippen LogP contribution >= 0.6 is 0 Å². The molecule has 1 saturated heterocycles. The maximum atomic E-state index is 13.5. The molecule has 2 fully saturated rings. The van der Waals surface area contributed by atoms with E-state index in [0.717, 1.165) is 30.8 Å². The molecule has 1 spiro atoms. The van der Waals surface area contributed by atoms with Crippen LogP contribution in [0.4, 0.5) is 10.3 Å². The molecule has 1 saturated carbocycles. The Hall–Kier alpha value is -3.80. The predicted octanol–water partition coefficient (Wildman–Crippen LogP) is 2.37. The molecular formula is C24H24FN7O3S. The van der Waals surface area contributed by atoms with Gasteiger partial charge in [0.15, 0.2) is 5.82 Å². The van der Waals surface area contributed by atoms with Crippen molar-refractivity contribution in [3.05, 3.63) is 60.1 Å². The Morgan fingerprint density at radius 2 is 1.94 bits per heavy atom. The second kappa shape index (κ2) is 7.85. The van der Waals surface area contributed by atoms with Crippen LogP contribution in [0.3, 0.4) is 0 Å². The zero-order valence-corrected chi connectivity index (χ0v) is 20.5. The molecule has 1 amide bonds. The maximum absolute atomic E-state index is 13.5. The standard InChI is InChI=1S/C24H24FN7O3S/c1-14-20(36(34,35)17-3-4-18-15(7-17)9-28-30-18)8-19(31(14)2)22(33)29-21-12-32(13-24(21)5-6-24)23-26-10-16(25)11-27-23/h3-4,7-11,21H,5-6,12-13H2,1-2H3,(H,28,30)(H,29,33)/t21-/m0/s1. The minimum Gasteiger partial charge on any atom is -0.346 e. The zero-order chi connectivity index (χ0) is 25.2. The number of sulfone groups is 1. The van der Waals surface area contributed by atoms with Gasteiger partial charge in [-0.3, -0.25) is 9.89 Å². The number of hydrogen-bond donors (Lipinski definition) is 2. The lowest BCUT2D eigenvalue weighted by Crippen LogP contribution is -2.42. The van der Waals surface area contributed by atoms with Gasteiger partial charge in [-0.2, -0.15) is 5.10 Å². The lowest BCUT2D eigenvalue weighted by molar-refractivity contribution is 0.0920. The van der Waals surface area contributed by atoms with E-state index in [1.807, 2.05) is 4.90 Å². The molecule has 2 aliphatic rings. The highest BCUT2D eigenvalue weighted by Crippen LogP contribution is 2.53. The molecule has 36 heavy (non-hydrogen) atoms. The van der Waals surface area contributed by atoms with Crippen LogP contribution in [0.25, 0.3) is 10.9 Å². The number of aromatic nitrogens is 5. The number of anilines is 1. The SMILES string of the molecule is Cc1c(S(=O)(=O)c2ccc3[nH]ncc3c2)cc(C(=O)N[C@H]2CN(c3ncc(F)cn3)CC23CC3)n1C. The summed E-state index contributed by atoms with van der Waals surface area (Å²) in [6.07, 6.45) is 5.75. The summed E-state index contributed by atoms with van der Waals surface area (Å²) in [7, 11) is -2.17. The highest BCUT2D eigenvalue weighted by atomic mass is 32.2. The quantitative estimate of drug-likeness (QED) is 0.423. The van der Waals surface area contributed by atoms with E-state index in [4.69, 9.17) is 0 Å². The van der Waals surface area contributed by atoms with Crippen molar-refractivity contribution in [2.45, 2.75) is 35.6 Å². The first-order chi connectivity index (χ1) is 17.2. The van der Waals surface area contributed by atoms with Gasteiger partial charge in [0.2, 0.25) is 15.8 Å². The van der Waals surface area contributed by atoms with Crippen molar-refractivity contribution >= 4 is 32.6 Å². The predicted molar refractivity (Wildman–Crippen MR) is 129 cm³/mol. The molecule has 12 heteroatoms. The number of rotatable bonds is 5. The van der Waals surface area contributed by atoms with Crippen LogP contribution in [-0.2, 0) is 16.9 Å². The average molecular weight is 510 g/mol. The van der Waals surface area contributed by atoms with Crippen LogP contribution in [0.2, 0.25) is 0 Å². The van der Waals surface area contributed by atoms with Gasteiger partial charge in [0.25, 0.3) is 5.91 Å². The third kappa shape index (κ3) is 3.55. The second-order valence-corrected chi connectivity index (χ2v) is 11.5. The smallest absolute Gasteiger partial charge is 0.268 e. The monoisotopic (exact) mass is 509 g/mol. The van der Waals surface area contributed by atoms with Crippen LogP contribution in [0.5, 0.6) is 0 Å². The molecule has 3 aromatic heterocycles. The Morgan fingerprint density at radius 1 is 1.19 bits per heavy atom. The van der Waals surface area contributed by atoms with Crippen molar-refractivity contribution in [2.75, 3.05) is 18.0 Å². The number of nitrogens with zero attached hydrogens (tertiary/aromatic N) is 5. The highest BCUT2D eigenvalue weighted by molar-refractivity contribution is 7.91. The topological polar surface area (TPSA) is 126 Å². The van der Waals surface area contributed by atoms with E-state index in [-0.39, 0.29) is 32.8 Å². The summed E-state index contributed by atoms with van der Waals surface area (Å²) in [5.41, 5.74) is 1.40.